The molecule has 0 amide bonds. The highest BCUT2D eigenvalue weighted by atomic mass is 31.1. The normalized spacial score (nSPS) is 12.3. The zero-order valence-corrected chi connectivity index (χ0v) is 24.5. The lowest BCUT2D eigenvalue weighted by molar-refractivity contribution is -0.152. The molecule has 2 atom stereocenters. The van der Waals surface area contributed by atoms with E-state index >= 15 is 0 Å². The monoisotopic (exact) mass is 542 g/mol. The number of carbonyl (C=O) groups is 1. The molecule has 0 aliphatic rings. The van der Waals surface area contributed by atoms with Gasteiger partial charge in [0.25, 0.3) is 0 Å². The second-order valence-electron chi connectivity index (χ2n) is 10.2. The Morgan fingerprint density at radius 2 is 1.24 bits per heavy atom. The molecule has 6 heteroatoms. The number of rotatable bonds is 22. The molecule has 0 spiro atoms. The maximum absolute atomic E-state index is 13.4. The predicted octanol–water partition coefficient (Wildman–Crippen LogP) is 9.34. The molecule has 1 N–H and O–H groups in total. The summed E-state index contributed by atoms with van der Waals surface area (Å²) < 4.78 is 24.5. The average Bonchev–Trinajstić information content (AvgIpc) is 2.93. The van der Waals surface area contributed by atoms with Crippen molar-refractivity contribution in [2.75, 3.05) is 0 Å². The number of ether oxygens (including phenoxy) is 1. The maximum Gasteiger partial charge on any atom is 0.664 e. The van der Waals surface area contributed by atoms with Gasteiger partial charge in [-0.2, -0.15) is 0 Å². The smallest absolute Gasteiger partial charge is 0.461 e. The van der Waals surface area contributed by atoms with E-state index in [2.05, 4.69) is 18.9 Å². The quantitative estimate of drug-likeness (QED) is 0.0912. The summed E-state index contributed by atoms with van der Waals surface area (Å²) in [5, 5.41) is 2.91. The summed E-state index contributed by atoms with van der Waals surface area (Å²) in [4.78, 5) is 13.4. The van der Waals surface area contributed by atoms with Gasteiger partial charge < -0.3 is 4.74 Å². The maximum atomic E-state index is 13.4. The standard InChI is InChI=1S/C32H49NO4P/c1-3-5-7-9-11-17-23-29(24-18-12-10-8-6-4-2)36-32(34)31(27-28-21-15-13-16-22-28)33-38(35)37-30-25-19-14-20-26-30/h13-16,19-22,25-26,29,31H,3-12,17-18,23-24,27H2,1-2H3,(H,33,35)/q+1/t31-/m0/s1. The Balaban J connectivity index is 1.99. The molecule has 1 unspecified atom stereocenters. The second kappa shape index (κ2) is 20.7. The van der Waals surface area contributed by atoms with Crippen molar-refractivity contribution in [2.45, 2.75) is 122 Å². The van der Waals surface area contributed by atoms with E-state index in [4.69, 9.17) is 9.26 Å². The number of hydrogen-bond acceptors (Lipinski definition) is 4. The van der Waals surface area contributed by atoms with Crippen LogP contribution in [0.4, 0.5) is 0 Å². The Morgan fingerprint density at radius 1 is 0.737 bits per heavy atom. The highest BCUT2D eigenvalue weighted by molar-refractivity contribution is 7.37. The molecule has 0 fully saturated rings. The van der Waals surface area contributed by atoms with Crippen molar-refractivity contribution in [3.8, 4) is 5.75 Å². The van der Waals surface area contributed by atoms with Gasteiger partial charge >= 0.3 is 14.1 Å². The third-order valence-electron chi connectivity index (χ3n) is 6.80. The third kappa shape index (κ3) is 14.6. The van der Waals surface area contributed by atoms with E-state index in [0.29, 0.717) is 12.2 Å². The molecule has 38 heavy (non-hydrogen) atoms. The Kier molecular flexibility index (Phi) is 17.4. The van der Waals surface area contributed by atoms with E-state index in [9.17, 15) is 9.36 Å². The molecule has 2 aromatic carbocycles. The van der Waals surface area contributed by atoms with Gasteiger partial charge in [-0.25, -0.2) is 4.52 Å². The highest BCUT2D eigenvalue weighted by Crippen LogP contribution is 2.25. The van der Waals surface area contributed by atoms with Gasteiger partial charge in [-0.1, -0.05) is 132 Å². The zero-order chi connectivity index (χ0) is 27.3. The number of carbonyl (C=O) groups excluding carboxylic acids is 1. The first-order chi connectivity index (χ1) is 18.6. The molecule has 210 valence electrons. The number of para-hydroxylation sites is 1. The molecule has 5 nitrogen and oxygen atoms in total. The minimum absolute atomic E-state index is 0.104. The zero-order valence-electron chi connectivity index (χ0n) is 23.6. The van der Waals surface area contributed by atoms with Gasteiger partial charge in [0.2, 0.25) is 0 Å². The van der Waals surface area contributed by atoms with Crippen LogP contribution in [0.25, 0.3) is 0 Å². The van der Waals surface area contributed by atoms with Gasteiger partial charge in [0.05, 0.1) is 0 Å². The summed E-state index contributed by atoms with van der Waals surface area (Å²) in [5.41, 5.74) is 0.980. The van der Waals surface area contributed by atoms with Crippen molar-refractivity contribution < 1.29 is 18.6 Å². The summed E-state index contributed by atoms with van der Waals surface area (Å²) >= 11 is 0. The van der Waals surface area contributed by atoms with Crippen molar-refractivity contribution in [1.29, 1.82) is 0 Å². The van der Waals surface area contributed by atoms with Gasteiger partial charge in [-0.3, -0.25) is 4.79 Å². The Morgan fingerprint density at radius 3 is 1.79 bits per heavy atom. The largest absolute Gasteiger partial charge is 0.664 e. The van der Waals surface area contributed by atoms with Crippen LogP contribution in [0.5, 0.6) is 5.75 Å². The molecule has 0 saturated heterocycles. The van der Waals surface area contributed by atoms with E-state index in [1.165, 1.54) is 64.2 Å². The van der Waals surface area contributed by atoms with Gasteiger partial charge in [0.15, 0.2) is 11.8 Å². The van der Waals surface area contributed by atoms with Crippen molar-refractivity contribution in [2.24, 2.45) is 0 Å². The van der Waals surface area contributed by atoms with Crippen LogP contribution in [0, 0.1) is 0 Å². The predicted molar refractivity (Wildman–Crippen MR) is 158 cm³/mol. The Bertz CT molecular complexity index is 862. The fourth-order valence-electron chi connectivity index (χ4n) is 4.58. The van der Waals surface area contributed by atoms with E-state index in [0.717, 1.165) is 31.2 Å². The molecule has 0 aromatic heterocycles. The third-order valence-corrected chi connectivity index (χ3v) is 7.70. The fourth-order valence-corrected chi connectivity index (χ4v) is 5.39. The van der Waals surface area contributed by atoms with Gasteiger partial charge in [0.1, 0.15) is 6.10 Å². The van der Waals surface area contributed by atoms with Gasteiger partial charge in [0, 0.05) is 11.0 Å². The molecule has 0 heterocycles. The van der Waals surface area contributed by atoms with E-state index in [1.807, 2.05) is 48.5 Å². The van der Waals surface area contributed by atoms with Crippen molar-refractivity contribution >= 4 is 14.1 Å². The molecular weight excluding hydrogens is 493 g/mol. The Hall–Kier alpha value is -2.23. The van der Waals surface area contributed by atoms with Crippen LogP contribution in [0.3, 0.4) is 0 Å². The summed E-state index contributed by atoms with van der Waals surface area (Å²) in [6.07, 6.45) is 16.6. The topological polar surface area (TPSA) is 64.6 Å². The minimum atomic E-state index is -2.29. The number of nitrogens with one attached hydrogen (secondary N) is 1. The summed E-state index contributed by atoms with van der Waals surface area (Å²) in [6, 6.07) is 18.0. The van der Waals surface area contributed by atoms with E-state index in [1.54, 1.807) is 12.1 Å². The fraction of sp³-hybridized carbons (Fsp3) is 0.594. The molecule has 2 aromatic rings. The van der Waals surface area contributed by atoms with E-state index in [-0.39, 0.29) is 12.1 Å². The van der Waals surface area contributed by atoms with Crippen molar-refractivity contribution in [1.82, 2.24) is 5.09 Å². The van der Waals surface area contributed by atoms with Crippen molar-refractivity contribution in [3.05, 3.63) is 66.2 Å². The molecule has 0 saturated carbocycles. The highest BCUT2D eigenvalue weighted by Gasteiger charge is 2.33. The number of hydrogen-bond donors (Lipinski definition) is 1. The lowest BCUT2D eigenvalue weighted by Gasteiger charge is -2.21. The van der Waals surface area contributed by atoms with Gasteiger partial charge in [-0.15, -0.1) is 0 Å². The number of benzene rings is 2. The van der Waals surface area contributed by atoms with Crippen LogP contribution in [0.2, 0.25) is 0 Å². The summed E-state index contributed by atoms with van der Waals surface area (Å²) in [5.74, 6) is 0.146. The van der Waals surface area contributed by atoms with Crippen LogP contribution >= 0.6 is 8.18 Å². The first-order valence-electron chi connectivity index (χ1n) is 14.8. The molecule has 0 radical (unpaired) electrons. The van der Waals surface area contributed by atoms with Crippen LogP contribution in [0.1, 0.15) is 109 Å². The lowest BCUT2D eigenvalue weighted by atomic mass is 10.0. The Labute approximate surface area is 232 Å². The van der Waals surface area contributed by atoms with Crippen LogP contribution in [-0.2, 0) is 20.5 Å². The van der Waals surface area contributed by atoms with Crippen LogP contribution in [-0.4, -0.2) is 18.1 Å². The minimum Gasteiger partial charge on any atom is -0.461 e. The van der Waals surface area contributed by atoms with Crippen molar-refractivity contribution in [3.63, 3.8) is 0 Å². The SMILES string of the molecule is CCCCCCCCC(CCCCCCCC)OC(=O)[C@H](Cc1ccccc1)N[P+](=O)Oc1ccccc1. The van der Waals surface area contributed by atoms with Crippen LogP contribution in [0.15, 0.2) is 60.7 Å². The molecule has 0 aliphatic heterocycles. The molecule has 2 rings (SSSR count). The summed E-state index contributed by atoms with van der Waals surface area (Å²) in [6.45, 7) is 4.46. The molecule has 0 bridgehead atoms. The molecule has 0 aliphatic carbocycles. The second-order valence-corrected chi connectivity index (χ2v) is 11.2. The first-order valence-corrected chi connectivity index (χ1v) is 16.0. The average molecular weight is 543 g/mol. The number of esters is 1. The number of unbranched alkanes of at least 4 members (excludes halogenated alkanes) is 10. The van der Waals surface area contributed by atoms with Gasteiger partial charge in [-0.05, 0) is 43.4 Å². The molecular formula is C32H49NO4P+. The lowest BCUT2D eigenvalue weighted by Crippen LogP contribution is -2.38. The van der Waals surface area contributed by atoms with Crippen LogP contribution < -0.4 is 9.61 Å². The first kappa shape index (κ1) is 32.0. The van der Waals surface area contributed by atoms with E-state index < -0.39 is 14.2 Å². The summed E-state index contributed by atoms with van der Waals surface area (Å²) in [7, 11) is -2.29.